The number of hydrogen-bond donors (Lipinski definition) is 2. The predicted octanol–water partition coefficient (Wildman–Crippen LogP) is 1.18. The van der Waals surface area contributed by atoms with Crippen molar-refractivity contribution in [3.63, 3.8) is 0 Å². The number of furan rings is 1. The highest BCUT2D eigenvalue weighted by atomic mass is 32.1. The summed E-state index contributed by atoms with van der Waals surface area (Å²) in [5.74, 6) is 0.335. The van der Waals surface area contributed by atoms with Crippen molar-refractivity contribution in [1.82, 2.24) is 15.1 Å². The van der Waals surface area contributed by atoms with Crippen molar-refractivity contribution in [1.29, 1.82) is 0 Å². The fraction of sp³-hybridized carbons (Fsp3) is 0.182. The zero-order chi connectivity index (χ0) is 13.0. The molecule has 0 bridgehead atoms. The quantitative estimate of drug-likeness (QED) is 0.811. The van der Waals surface area contributed by atoms with E-state index in [0.29, 0.717) is 16.4 Å². The minimum atomic E-state index is -0.216. The molecule has 0 fully saturated rings. The zero-order valence-corrected chi connectivity index (χ0v) is 10.5. The molecule has 1 amide bonds. The van der Waals surface area contributed by atoms with E-state index in [1.165, 1.54) is 6.20 Å². The number of anilines is 1. The molecule has 0 saturated heterocycles. The van der Waals surface area contributed by atoms with Crippen molar-refractivity contribution in [3.05, 3.63) is 36.4 Å². The molecule has 2 aromatic rings. The first-order chi connectivity index (χ1) is 8.65. The van der Waals surface area contributed by atoms with Crippen LogP contribution in [0, 0.1) is 0 Å². The van der Waals surface area contributed by atoms with Gasteiger partial charge in [0.05, 0.1) is 24.6 Å². The van der Waals surface area contributed by atoms with Crippen LogP contribution in [0.4, 0.5) is 5.88 Å². The van der Waals surface area contributed by atoms with Crippen LogP contribution in [0.25, 0.3) is 0 Å². The Morgan fingerprint density at radius 1 is 1.61 bits per heavy atom. The van der Waals surface area contributed by atoms with Gasteiger partial charge in [0, 0.05) is 19.3 Å². The number of rotatable bonds is 4. The second-order valence-electron chi connectivity index (χ2n) is 3.61. The van der Waals surface area contributed by atoms with Crippen molar-refractivity contribution in [3.8, 4) is 0 Å². The van der Waals surface area contributed by atoms with Gasteiger partial charge >= 0.3 is 0 Å². The van der Waals surface area contributed by atoms with Gasteiger partial charge in [-0.05, 0) is 6.07 Å². The average Bonchev–Trinajstić information content (AvgIpc) is 2.97. The Bertz CT molecular complexity index is 547. The summed E-state index contributed by atoms with van der Waals surface area (Å²) in [5, 5.41) is 9.47. The lowest BCUT2D eigenvalue weighted by Crippen LogP contribution is -2.31. The van der Waals surface area contributed by atoms with Crippen LogP contribution in [0.15, 0.2) is 35.2 Å². The van der Waals surface area contributed by atoms with Gasteiger partial charge in [-0.2, -0.15) is 5.10 Å². The van der Waals surface area contributed by atoms with E-state index in [2.05, 4.69) is 15.7 Å². The second kappa shape index (κ2) is 5.46. The number of thiocarbonyl (C=S) groups is 1. The van der Waals surface area contributed by atoms with Crippen molar-refractivity contribution in [2.24, 2.45) is 7.05 Å². The van der Waals surface area contributed by atoms with Crippen LogP contribution in [-0.4, -0.2) is 27.2 Å². The van der Waals surface area contributed by atoms with E-state index in [1.54, 1.807) is 36.3 Å². The molecule has 2 N–H and O–H groups in total. The van der Waals surface area contributed by atoms with Gasteiger partial charge in [0.15, 0.2) is 5.88 Å². The number of hydrogen-bond acceptors (Lipinski definition) is 4. The van der Waals surface area contributed by atoms with Crippen LogP contribution in [0.3, 0.4) is 0 Å². The van der Waals surface area contributed by atoms with Crippen LogP contribution in [0.5, 0.6) is 0 Å². The molecule has 0 aliphatic carbocycles. The van der Waals surface area contributed by atoms with Gasteiger partial charge in [-0.3, -0.25) is 9.48 Å². The van der Waals surface area contributed by atoms with E-state index in [1.807, 2.05) is 0 Å². The summed E-state index contributed by atoms with van der Waals surface area (Å²) in [6.07, 6.45) is 4.68. The Morgan fingerprint density at radius 2 is 2.44 bits per heavy atom. The van der Waals surface area contributed by atoms with Crippen molar-refractivity contribution < 1.29 is 9.21 Å². The molecule has 7 heteroatoms. The fourth-order valence-electron chi connectivity index (χ4n) is 1.33. The molecular weight excluding hydrogens is 252 g/mol. The van der Waals surface area contributed by atoms with Gasteiger partial charge in [0.25, 0.3) is 5.91 Å². The highest BCUT2D eigenvalue weighted by Crippen LogP contribution is 2.06. The maximum absolute atomic E-state index is 11.7. The smallest absolute Gasteiger partial charge is 0.254 e. The van der Waals surface area contributed by atoms with E-state index < -0.39 is 0 Å². The summed E-state index contributed by atoms with van der Waals surface area (Å²) in [6, 6.07) is 3.49. The van der Waals surface area contributed by atoms with Crippen LogP contribution >= 0.6 is 12.2 Å². The molecule has 0 unspecified atom stereocenters. The Balaban J connectivity index is 1.81. The minimum Gasteiger partial charge on any atom is -0.449 e. The first-order valence-corrected chi connectivity index (χ1v) is 5.66. The molecular formula is C11H12N4O2S. The molecule has 2 aromatic heterocycles. The SMILES string of the molecule is Cn1cc(C(=O)NCC(=S)Nc2ccco2)cn1. The third-order valence-corrected chi connectivity index (χ3v) is 2.41. The molecule has 6 nitrogen and oxygen atoms in total. The highest BCUT2D eigenvalue weighted by molar-refractivity contribution is 7.80. The number of carbonyl (C=O) groups is 1. The highest BCUT2D eigenvalue weighted by Gasteiger charge is 2.08. The van der Waals surface area contributed by atoms with Crippen LogP contribution in [-0.2, 0) is 7.05 Å². The molecule has 0 saturated carbocycles. The van der Waals surface area contributed by atoms with E-state index in [0.717, 1.165) is 0 Å². The molecule has 0 aromatic carbocycles. The minimum absolute atomic E-state index is 0.216. The third-order valence-electron chi connectivity index (χ3n) is 2.16. The Hall–Kier alpha value is -2.15. The molecule has 0 radical (unpaired) electrons. The second-order valence-corrected chi connectivity index (χ2v) is 4.10. The molecule has 0 aliphatic rings. The molecule has 0 aliphatic heterocycles. The molecule has 94 valence electrons. The van der Waals surface area contributed by atoms with Crippen molar-refractivity contribution in [2.45, 2.75) is 0 Å². The summed E-state index contributed by atoms with van der Waals surface area (Å²) in [5.41, 5.74) is 0.498. The van der Waals surface area contributed by atoms with Crippen LogP contribution < -0.4 is 10.6 Å². The van der Waals surface area contributed by atoms with E-state index >= 15 is 0 Å². The third kappa shape index (κ3) is 3.17. The summed E-state index contributed by atoms with van der Waals surface area (Å²) in [6.45, 7) is 0.240. The van der Waals surface area contributed by atoms with Gasteiger partial charge < -0.3 is 15.1 Å². The number of aryl methyl sites for hydroxylation is 1. The predicted molar refractivity (Wildman–Crippen MR) is 70.5 cm³/mol. The molecule has 2 rings (SSSR count). The zero-order valence-electron chi connectivity index (χ0n) is 9.71. The number of nitrogens with one attached hydrogen (secondary N) is 2. The van der Waals surface area contributed by atoms with Gasteiger partial charge in [-0.1, -0.05) is 12.2 Å². The van der Waals surface area contributed by atoms with E-state index in [-0.39, 0.29) is 12.5 Å². The average molecular weight is 264 g/mol. The van der Waals surface area contributed by atoms with Gasteiger partial charge in [-0.15, -0.1) is 0 Å². The maximum atomic E-state index is 11.7. The van der Waals surface area contributed by atoms with Gasteiger partial charge in [-0.25, -0.2) is 0 Å². The lowest BCUT2D eigenvalue weighted by Gasteiger charge is -2.06. The van der Waals surface area contributed by atoms with Crippen LogP contribution in [0.1, 0.15) is 10.4 Å². The Kier molecular flexibility index (Phi) is 3.73. The van der Waals surface area contributed by atoms with E-state index in [9.17, 15) is 4.79 Å². The normalized spacial score (nSPS) is 10.1. The monoisotopic (exact) mass is 264 g/mol. The standard InChI is InChI=1S/C11H12N4O2S/c1-15-7-8(5-13-15)11(16)12-6-10(18)14-9-3-2-4-17-9/h2-5,7H,6H2,1H3,(H,12,16)(H,14,18). The lowest BCUT2D eigenvalue weighted by atomic mass is 10.3. The lowest BCUT2D eigenvalue weighted by molar-refractivity contribution is 0.0959. The number of carbonyl (C=O) groups excluding carboxylic acids is 1. The van der Waals surface area contributed by atoms with Gasteiger partial charge in [0.1, 0.15) is 4.99 Å². The summed E-state index contributed by atoms with van der Waals surface area (Å²) in [4.78, 5) is 12.2. The van der Waals surface area contributed by atoms with Crippen LogP contribution in [0.2, 0.25) is 0 Å². The van der Waals surface area contributed by atoms with Crippen molar-refractivity contribution in [2.75, 3.05) is 11.9 Å². The van der Waals surface area contributed by atoms with E-state index in [4.69, 9.17) is 16.6 Å². The number of amides is 1. The Labute approximate surface area is 109 Å². The molecule has 2 heterocycles. The summed E-state index contributed by atoms with van der Waals surface area (Å²) in [7, 11) is 1.75. The summed E-state index contributed by atoms with van der Waals surface area (Å²) >= 11 is 5.07. The van der Waals surface area contributed by atoms with Crippen molar-refractivity contribution >= 4 is 29.0 Å². The van der Waals surface area contributed by atoms with Gasteiger partial charge in [0.2, 0.25) is 0 Å². The topological polar surface area (TPSA) is 72.1 Å². The molecule has 0 spiro atoms. The number of nitrogens with zero attached hydrogens (tertiary/aromatic N) is 2. The largest absolute Gasteiger partial charge is 0.449 e. The number of aromatic nitrogens is 2. The fourth-order valence-corrected chi connectivity index (χ4v) is 1.51. The first-order valence-electron chi connectivity index (χ1n) is 5.25. The summed E-state index contributed by atoms with van der Waals surface area (Å²) < 4.78 is 6.64. The molecule has 18 heavy (non-hydrogen) atoms. The Morgan fingerprint density at radius 3 is 3.06 bits per heavy atom. The maximum Gasteiger partial charge on any atom is 0.254 e. The first kappa shape index (κ1) is 12.3. The molecule has 0 atom stereocenters.